The number of pyridine rings is 1. The molecule has 3 heterocycles. The van der Waals surface area contributed by atoms with E-state index in [0.29, 0.717) is 15.3 Å². The second-order valence-electron chi connectivity index (χ2n) is 3.25. The predicted octanol–water partition coefficient (Wildman–Crippen LogP) is 3.14. The summed E-state index contributed by atoms with van der Waals surface area (Å²) in [7, 11) is 0. The van der Waals surface area contributed by atoms with Gasteiger partial charge in [0.1, 0.15) is 0 Å². The van der Waals surface area contributed by atoms with Crippen molar-refractivity contribution in [3.05, 3.63) is 27.4 Å². The van der Waals surface area contributed by atoms with Crippen molar-refractivity contribution < 1.29 is 9.59 Å². The Morgan fingerprint density at radius 2 is 2.00 bits per heavy atom. The fourth-order valence-corrected chi connectivity index (χ4v) is 3.41. The van der Waals surface area contributed by atoms with Crippen LogP contribution < -0.4 is 0 Å². The lowest BCUT2D eigenvalue weighted by Gasteiger charge is -1.93. The number of carbonyl (C=O) groups is 2. The average molecular weight is 247 g/mol. The molecule has 0 aliphatic rings. The number of fused-ring (bicyclic) bond motifs is 3. The zero-order valence-corrected chi connectivity index (χ0v) is 9.60. The van der Waals surface area contributed by atoms with E-state index in [9.17, 15) is 9.59 Å². The van der Waals surface area contributed by atoms with Crippen molar-refractivity contribution in [1.29, 1.82) is 0 Å². The first kappa shape index (κ1) is 9.62. The standard InChI is InChI=1S/C11H5NO2S2/c13-4-8-10-6-1-2-15-7(6)3-12-11(10)9(5-14)16-8/h1-5H. The Kier molecular flexibility index (Phi) is 2.08. The van der Waals surface area contributed by atoms with Gasteiger partial charge in [0.2, 0.25) is 0 Å². The third-order valence-corrected chi connectivity index (χ3v) is 4.31. The van der Waals surface area contributed by atoms with E-state index >= 15 is 0 Å². The molecule has 0 aliphatic heterocycles. The van der Waals surface area contributed by atoms with Crippen LogP contribution in [0.5, 0.6) is 0 Å². The minimum absolute atomic E-state index is 0.519. The first-order chi connectivity index (χ1) is 7.85. The van der Waals surface area contributed by atoms with Crippen LogP contribution in [0.4, 0.5) is 0 Å². The summed E-state index contributed by atoms with van der Waals surface area (Å²) in [6.45, 7) is 0. The van der Waals surface area contributed by atoms with Gasteiger partial charge in [-0.1, -0.05) is 0 Å². The van der Waals surface area contributed by atoms with E-state index in [1.165, 1.54) is 11.3 Å². The average Bonchev–Trinajstić information content (AvgIpc) is 2.91. The number of hydrogen-bond acceptors (Lipinski definition) is 5. The molecule has 3 aromatic heterocycles. The number of rotatable bonds is 2. The molecule has 0 bridgehead atoms. The smallest absolute Gasteiger partial charge is 0.162 e. The zero-order chi connectivity index (χ0) is 11.1. The van der Waals surface area contributed by atoms with Crippen molar-refractivity contribution in [3.63, 3.8) is 0 Å². The molecule has 3 aromatic rings. The van der Waals surface area contributed by atoms with E-state index in [0.717, 1.165) is 28.0 Å². The predicted molar refractivity (Wildman–Crippen MR) is 65.8 cm³/mol. The Labute approximate surface area is 98.3 Å². The van der Waals surface area contributed by atoms with E-state index < -0.39 is 0 Å². The quantitative estimate of drug-likeness (QED) is 0.653. The highest BCUT2D eigenvalue weighted by atomic mass is 32.1. The molecule has 0 fully saturated rings. The molecule has 0 saturated heterocycles. The maximum atomic E-state index is 11.0. The molecule has 0 aromatic carbocycles. The Bertz CT molecular complexity index is 711. The molecule has 0 aliphatic carbocycles. The second-order valence-corrected chi connectivity index (χ2v) is 5.28. The van der Waals surface area contributed by atoms with Gasteiger partial charge in [0, 0.05) is 17.0 Å². The van der Waals surface area contributed by atoms with E-state index in [1.54, 1.807) is 17.5 Å². The maximum Gasteiger partial charge on any atom is 0.162 e. The molecule has 0 unspecified atom stereocenters. The van der Waals surface area contributed by atoms with Crippen LogP contribution in [0.1, 0.15) is 19.3 Å². The number of carbonyl (C=O) groups excluding carboxylic acids is 2. The van der Waals surface area contributed by atoms with E-state index in [-0.39, 0.29) is 0 Å². The maximum absolute atomic E-state index is 11.0. The van der Waals surface area contributed by atoms with E-state index in [4.69, 9.17) is 0 Å². The van der Waals surface area contributed by atoms with Gasteiger partial charge in [-0.15, -0.1) is 22.7 Å². The van der Waals surface area contributed by atoms with Crippen molar-refractivity contribution in [3.8, 4) is 0 Å². The van der Waals surface area contributed by atoms with Crippen LogP contribution in [0.25, 0.3) is 21.0 Å². The Morgan fingerprint density at radius 3 is 2.75 bits per heavy atom. The third-order valence-electron chi connectivity index (χ3n) is 2.43. The third kappa shape index (κ3) is 1.15. The second kappa shape index (κ2) is 3.47. The number of hydrogen-bond donors (Lipinski definition) is 0. The molecule has 0 atom stereocenters. The molecule has 16 heavy (non-hydrogen) atoms. The van der Waals surface area contributed by atoms with Gasteiger partial charge >= 0.3 is 0 Å². The molecular formula is C11H5NO2S2. The summed E-state index contributed by atoms with van der Waals surface area (Å²) in [5, 5.41) is 3.76. The summed E-state index contributed by atoms with van der Waals surface area (Å²) in [5.74, 6) is 0. The van der Waals surface area contributed by atoms with Crippen LogP contribution in [-0.4, -0.2) is 17.6 Å². The van der Waals surface area contributed by atoms with Gasteiger partial charge in [0.15, 0.2) is 12.6 Å². The number of thiophene rings is 2. The molecular weight excluding hydrogens is 242 g/mol. The van der Waals surface area contributed by atoms with Crippen molar-refractivity contribution in [2.24, 2.45) is 0 Å². The molecule has 5 heteroatoms. The van der Waals surface area contributed by atoms with Gasteiger partial charge in [-0.3, -0.25) is 14.6 Å². The van der Waals surface area contributed by atoms with Crippen LogP contribution >= 0.6 is 22.7 Å². The Balaban J connectivity index is 2.61. The van der Waals surface area contributed by atoms with Crippen LogP contribution in [0.2, 0.25) is 0 Å². The van der Waals surface area contributed by atoms with E-state index in [1.807, 2.05) is 11.4 Å². The first-order valence-electron chi connectivity index (χ1n) is 4.54. The van der Waals surface area contributed by atoms with Gasteiger partial charge in [-0.05, 0) is 11.4 Å². The SMILES string of the molecule is O=Cc1sc(C=O)c2c1ncc1sccc12. The molecule has 3 rings (SSSR count). The van der Waals surface area contributed by atoms with Crippen molar-refractivity contribution in [2.75, 3.05) is 0 Å². The topological polar surface area (TPSA) is 47.0 Å². The van der Waals surface area contributed by atoms with Crippen LogP contribution in [-0.2, 0) is 0 Å². The summed E-state index contributed by atoms with van der Waals surface area (Å²) in [6.07, 6.45) is 3.29. The van der Waals surface area contributed by atoms with Crippen LogP contribution in [0, 0.1) is 0 Å². The monoisotopic (exact) mass is 247 g/mol. The zero-order valence-electron chi connectivity index (χ0n) is 7.97. The summed E-state index contributed by atoms with van der Waals surface area (Å²) in [4.78, 5) is 27.2. The first-order valence-corrected chi connectivity index (χ1v) is 6.24. The molecule has 0 saturated carbocycles. The lowest BCUT2D eigenvalue weighted by atomic mass is 10.2. The number of aromatic nitrogens is 1. The molecule has 0 radical (unpaired) electrons. The van der Waals surface area contributed by atoms with Crippen LogP contribution in [0.15, 0.2) is 17.6 Å². The minimum Gasteiger partial charge on any atom is -0.297 e. The summed E-state index contributed by atoms with van der Waals surface area (Å²) < 4.78 is 1.03. The van der Waals surface area contributed by atoms with Crippen molar-refractivity contribution in [2.45, 2.75) is 0 Å². The number of aldehydes is 2. The minimum atomic E-state index is 0.519. The van der Waals surface area contributed by atoms with Crippen molar-refractivity contribution >= 4 is 56.2 Å². The molecule has 0 N–H and O–H groups in total. The van der Waals surface area contributed by atoms with Gasteiger partial charge in [-0.2, -0.15) is 0 Å². The summed E-state index contributed by atoms with van der Waals surface area (Å²) in [6, 6.07) is 1.96. The normalized spacial score (nSPS) is 11.0. The van der Waals surface area contributed by atoms with Gasteiger partial charge in [0.25, 0.3) is 0 Å². The van der Waals surface area contributed by atoms with Gasteiger partial charge in [-0.25, -0.2) is 0 Å². The highest BCUT2D eigenvalue weighted by Crippen LogP contribution is 2.35. The van der Waals surface area contributed by atoms with Gasteiger partial charge < -0.3 is 0 Å². The lowest BCUT2D eigenvalue weighted by Crippen LogP contribution is -1.80. The largest absolute Gasteiger partial charge is 0.297 e. The fourth-order valence-electron chi connectivity index (χ4n) is 1.76. The summed E-state index contributed by atoms with van der Waals surface area (Å²) >= 11 is 2.77. The fraction of sp³-hybridized carbons (Fsp3) is 0. The molecule has 3 nitrogen and oxygen atoms in total. The molecule has 78 valence electrons. The Morgan fingerprint density at radius 1 is 1.19 bits per heavy atom. The number of nitrogens with zero attached hydrogens (tertiary/aromatic N) is 1. The molecule has 0 spiro atoms. The highest BCUT2D eigenvalue weighted by Gasteiger charge is 2.14. The lowest BCUT2D eigenvalue weighted by molar-refractivity contribution is 0.112. The highest BCUT2D eigenvalue weighted by molar-refractivity contribution is 7.18. The van der Waals surface area contributed by atoms with Crippen LogP contribution in [0.3, 0.4) is 0 Å². The van der Waals surface area contributed by atoms with Crippen molar-refractivity contribution in [1.82, 2.24) is 4.98 Å². The Hall–Kier alpha value is -1.59. The van der Waals surface area contributed by atoms with E-state index in [2.05, 4.69) is 4.98 Å². The van der Waals surface area contributed by atoms with Gasteiger partial charge in [0.05, 0.1) is 20.0 Å². The summed E-state index contributed by atoms with van der Waals surface area (Å²) in [5.41, 5.74) is 0.632. The molecule has 0 amide bonds.